The van der Waals surface area contributed by atoms with E-state index in [1.54, 1.807) is 0 Å². The second kappa shape index (κ2) is 8.20. The summed E-state index contributed by atoms with van der Waals surface area (Å²) in [5.41, 5.74) is -0.774. The predicted molar refractivity (Wildman–Crippen MR) is 84.7 cm³/mol. The van der Waals surface area contributed by atoms with E-state index in [0.717, 1.165) is 6.07 Å². The number of hydrogen-bond acceptors (Lipinski definition) is 4. The van der Waals surface area contributed by atoms with E-state index in [1.165, 1.54) is 30.2 Å². The van der Waals surface area contributed by atoms with Gasteiger partial charge in [0.15, 0.2) is 0 Å². The van der Waals surface area contributed by atoms with Crippen LogP contribution < -0.4 is 5.32 Å². The summed E-state index contributed by atoms with van der Waals surface area (Å²) in [6, 6.07) is 4.59. The van der Waals surface area contributed by atoms with Crippen LogP contribution in [0.2, 0.25) is 0 Å². The van der Waals surface area contributed by atoms with Crippen molar-refractivity contribution in [1.82, 2.24) is 10.2 Å². The van der Waals surface area contributed by atoms with Gasteiger partial charge in [-0.25, -0.2) is 0 Å². The summed E-state index contributed by atoms with van der Waals surface area (Å²) >= 11 is 0. The number of benzene rings is 1. The zero-order valence-corrected chi connectivity index (χ0v) is 14.1. The maximum Gasteiger partial charge on any atom is 0.416 e. The number of rotatable bonds is 6. The number of carbonyl (C=O) groups excluding carboxylic acids is 3. The van der Waals surface area contributed by atoms with E-state index in [1.807, 2.05) is 0 Å². The molecule has 0 saturated carbocycles. The van der Waals surface area contributed by atoms with Gasteiger partial charge in [0.2, 0.25) is 11.8 Å². The van der Waals surface area contributed by atoms with Gasteiger partial charge in [-0.15, -0.1) is 0 Å². The lowest BCUT2D eigenvalue weighted by Crippen LogP contribution is -2.37. The second-order valence-corrected chi connectivity index (χ2v) is 5.97. The van der Waals surface area contributed by atoms with Gasteiger partial charge in [0.25, 0.3) is 0 Å². The van der Waals surface area contributed by atoms with Gasteiger partial charge in [-0.1, -0.05) is 18.2 Å². The summed E-state index contributed by atoms with van der Waals surface area (Å²) in [6.45, 7) is -0.0575. The van der Waals surface area contributed by atoms with Crippen LogP contribution in [0.3, 0.4) is 0 Å². The van der Waals surface area contributed by atoms with Crippen LogP contribution in [0.5, 0.6) is 0 Å². The Balaban J connectivity index is 1.95. The van der Waals surface area contributed by atoms with E-state index >= 15 is 0 Å². The van der Waals surface area contributed by atoms with Crippen molar-refractivity contribution < 1.29 is 32.3 Å². The summed E-state index contributed by atoms with van der Waals surface area (Å²) in [5, 5.41) is 2.62. The molecule has 2 amide bonds. The molecule has 1 heterocycles. The predicted octanol–water partition coefficient (Wildman–Crippen LogP) is 1.88. The molecular formula is C17H19F3N2O4. The van der Waals surface area contributed by atoms with E-state index in [0.29, 0.717) is 0 Å². The molecular weight excluding hydrogens is 353 g/mol. The van der Waals surface area contributed by atoms with Crippen LogP contribution in [0.4, 0.5) is 13.2 Å². The van der Waals surface area contributed by atoms with Crippen molar-refractivity contribution in [2.75, 3.05) is 13.7 Å². The van der Waals surface area contributed by atoms with Gasteiger partial charge in [0, 0.05) is 25.9 Å². The highest BCUT2D eigenvalue weighted by molar-refractivity contribution is 5.84. The Labute approximate surface area is 148 Å². The van der Waals surface area contributed by atoms with Gasteiger partial charge in [-0.05, 0) is 11.6 Å². The number of methoxy groups -OCH3 is 1. The number of halogens is 3. The lowest BCUT2D eigenvalue weighted by atomic mass is 10.1. The van der Waals surface area contributed by atoms with Crippen LogP contribution in [0, 0.1) is 0 Å². The van der Waals surface area contributed by atoms with Crippen LogP contribution in [0.15, 0.2) is 24.3 Å². The van der Waals surface area contributed by atoms with Gasteiger partial charge in [-0.3, -0.25) is 14.4 Å². The van der Waals surface area contributed by atoms with E-state index in [4.69, 9.17) is 0 Å². The van der Waals surface area contributed by atoms with Crippen molar-refractivity contribution in [2.24, 2.45) is 0 Å². The van der Waals surface area contributed by atoms with Gasteiger partial charge in [0.05, 0.1) is 25.1 Å². The number of amides is 2. The molecule has 1 aliphatic rings. The summed E-state index contributed by atoms with van der Waals surface area (Å²) in [5.74, 6) is -1.26. The molecule has 1 aliphatic heterocycles. The Hall–Kier alpha value is -2.58. The molecule has 1 aromatic rings. The normalized spacial score (nSPS) is 17.3. The number of nitrogens with zero attached hydrogens (tertiary/aromatic N) is 1. The third-order valence-corrected chi connectivity index (χ3v) is 4.05. The molecule has 1 fully saturated rings. The number of nitrogens with one attached hydrogen (secondary N) is 1. The fourth-order valence-electron chi connectivity index (χ4n) is 2.78. The molecule has 9 heteroatoms. The van der Waals surface area contributed by atoms with E-state index in [-0.39, 0.29) is 43.8 Å². The molecule has 6 nitrogen and oxygen atoms in total. The molecule has 26 heavy (non-hydrogen) atoms. The Morgan fingerprint density at radius 3 is 2.62 bits per heavy atom. The first-order valence-corrected chi connectivity index (χ1v) is 7.99. The maximum atomic E-state index is 13.0. The van der Waals surface area contributed by atoms with E-state index < -0.39 is 29.7 Å². The lowest BCUT2D eigenvalue weighted by Gasteiger charge is -2.20. The second-order valence-electron chi connectivity index (χ2n) is 5.97. The average Bonchev–Trinajstić information content (AvgIpc) is 2.91. The first-order valence-electron chi connectivity index (χ1n) is 7.99. The number of esters is 1. The highest BCUT2D eigenvalue weighted by atomic mass is 19.4. The van der Waals surface area contributed by atoms with Crippen molar-refractivity contribution in [3.63, 3.8) is 0 Å². The fourth-order valence-corrected chi connectivity index (χ4v) is 2.78. The van der Waals surface area contributed by atoms with Crippen LogP contribution in [0.1, 0.15) is 30.4 Å². The zero-order valence-electron chi connectivity index (χ0n) is 14.1. The molecule has 0 aromatic heterocycles. The minimum absolute atomic E-state index is 0.00557. The van der Waals surface area contributed by atoms with Crippen LogP contribution >= 0.6 is 0 Å². The Kier molecular flexibility index (Phi) is 6.23. The number of alkyl halides is 3. The summed E-state index contributed by atoms with van der Waals surface area (Å²) in [4.78, 5) is 36.1. The van der Waals surface area contributed by atoms with Crippen molar-refractivity contribution >= 4 is 17.8 Å². The smallest absolute Gasteiger partial charge is 0.416 e. The van der Waals surface area contributed by atoms with Crippen molar-refractivity contribution in [3.05, 3.63) is 35.4 Å². The van der Waals surface area contributed by atoms with Crippen LogP contribution in [-0.4, -0.2) is 42.4 Å². The highest BCUT2D eigenvalue weighted by Gasteiger charge is 2.35. The Morgan fingerprint density at radius 1 is 1.27 bits per heavy atom. The lowest BCUT2D eigenvalue weighted by molar-refractivity contribution is -0.142. The quantitative estimate of drug-likeness (QED) is 0.774. The van der Waals surface area contributed by atoms with E-state index in [2.05, 4.69) is 10.1 Å². The zero-order chi connectivity index (χ0) is 19.3. The maximum absolute atomic E-state index is 13.0. The highest BCUT2D eigenvalue weighted by Crippen LogP contribution is 2.32. The van der Waals surface area contributed by atoms with Gasteiger partial charge in [0.1, 0.15) is 0 Å². The minimum atomic E-state index is -4.50. The Morgan fingerprint density at radius 2 is 1.96 bits per heavy atom. The number of likely N-dealkylation sites (tertiary alicyclic amines) is 1. The number of ether oxygens (including phenoxy) is 1. The van der Waals surface area contributed by atoms with Crippen molar-refractivity contribution in [1.29, 1.82) is 0 Å². The first-order chi connectivity index (χ1) is 12.2. The molecule has 0 radical (unpaired) electrons. The van der Waals surface area contributed by atoms with Crippen LogP contribution in [-0.2, 0) is 31.8 Å². The fraction of sp³-hybridized carbons (Fsp3) is 0.471. The molecule has 1 aromatic carbocycles. The van der Waals surface area contributed by atoms with Gasteiger partial charge < -0.3 is 15.0 Å². The minimum Gasteiger partial charge on any atom is -0.469 e. The Bertz CT molecular complexity index is 691. The monoisotopic (exact) mass is 372 g/mol. The standard InChI is InChI=1S/C17H19F3N2O4/c1-26-16(25)7-6-14(23)21-12-8-15(24)22(10-12)9-11-4-2-3-5-13(11)17(18,19)20/h2-5,12H,6-10H2,1H3,(H,21,23)/t12-/m1/s1. The largest absolute Gasteiger partial charge is 0.469 e. The molecule has 0 unspecified atom stereocenters. The first kappa shape index (κ1) is 19.7. The molecule has 142 valence electrons. The molecule has 0 aliphatic carbocycles. The number of hydrogen-bond donors (Lipinski definition) is 1. The number of carbonyl (C=O) groups is 3. The third-order valence-electron chi connectivity index (χ3n) is 4.05. The molecule has 1 saturated heterocycles. The molecule has 1 atom stereocenters. The topological polar surface area (TPSA) is 75.7 Å². The SMILES string of the molecule is COC(=O)CCC(=O)N[C@@H]1CC(=O)N(Cc2ccccc2C(F)(F)F)C1. The molecule has 0 bridgehead atoms. The van der Waals surface area contributed by atoms with E-state index in [9.17, 15) is 27.6 Å². The summed E-state index contributed by atoms with van der Waals surface area (Å²) in [7, 11) is 1.21. The van der Waals surface area contributed by atoms with Crippen molar-refractivity contribution in [2.45, 2.75) is 38.0 Å². The third kappa shape index (κ3) is 5.21. The molecule has 1 N–H and O–H groups in total. The average molecular weight is 372 g/mol. The van der Waals surface area contributed by atoms with Gasteiger partial charge in [-0.2, -0.15) is 13.2 Å². The van der Waals surface area contributed by atoms with Crippen LogP contribution in [0.25, 0.3) is 0 Å². The van der Waals surface area contributed by atoms with Crippen molar-refractivity contribution in [3.8, 4) is 0 Å². The van der Waals surface area contributed by atoms with Gasteiger partial charge >= 0.3 is 12.1 Å². The summed E-state index contributed by atoms with van der Waals surface area (Å²) in [6.07, 6.45) is -4.64. The summed E-state index contributed by atoms with van der Waals surface area (Å²) < 4.78 is 43.6. The molecule has 2 rings (SSSR count). The molecule has 0 spiro atoms.